The summed E-state index contributed by atoms with van der Waals surface area (Å²) < 4.78 is 2.13. The average molecular weight is 339 g/mol. The first-order chi connectivity index (χ1) is 11.7. The first kappa shape index (κ1) is 15.0. The van der Waals surface area contributed by atoms with E-state index in [1.54, 1.807) is 11.6 Å². The van der Waals surface area contributed by atoms with E-state index in [4.69, 9.17) is 0 Å². The number of amides is 1. The molecule has 0 unspecified atom stereocenters. The van der Waals surface area contributed by atoms with Gasteiger partial charge in [-0.1, -0.05) is 6.07 Å². The standard InChI is InChI=1S/C17H17N5OS/c1-11-8-22-9-12(5-6-15(22)19-11)20-16(23)14-10-24-17(21-14)13-4-2-3-7-18-13/h2-4,7-8,10,12H,5-6,9H2,1H3,(H,20,23)/t12-/m1/s1. The Hall–Kier alpha value is -2.54. The fourth-order valence-corrected chi connectivity index (χ4v) is 3.72. The third-order valence-corrected chi connectivity index (χ3v) is 4.93. The summed E-state index contributed by atoms with van der Waals surface area (Å²) in [6.45, 7) is 2.76. The van der Waals surface area contributed by atoms with Crippen molar-refractivity contribution in [3.63, 3.8) is 0 Å². The summed E-state index contributed by atoms with van der Waals surface area (Å²) >= 11 is 1.44. The highest BCUT2D eigenvalue weighted by molar-refractivity contribution is 7.13. The zero-order chi connectivity index (χ0) is 16.5. The van der Waals surface area contributed by atoms with E-state index in [9.17, 15) is 4.79 Å². The smallest absolute Gasteiger partial charge is 0.271 e. The van der Waals surface area contributed by atoms with Gasteiger partial charge in [-0.15, -0.1) is 11.3 Å². The van der Waals surface area contributed by atoms with Gasteiger partial charge in [-0.25, -0.2) is 9.97 Å². The third kappa shape index (κ3) is 2.94. The zero-order valence-corrected chi connectivity index (χ0v) is 14.1. The largest absolute Gasteiger partial charge is 0.346 e. The Labute approximate surface area is 143 Å². The predicted octanol–water partition coefficient (Wildman–Crippen LogP) is 2.45. The predicted molar refractivity (Wildman–Crippen MR) is 91.9 cm³/mol. The summed E-state index contributed by atoms with van der Waals surface area (Å²) in [6, 6.07) is 5.78. The van der Waals surface area contributed by atoms with Crippen LogP contribution >= 0.6 is 11.3 Å². The minimum Gasteiger partial charge on any atom is -0.346 e. The normalized spacial score (nSPS) is 16.6. The van der Waals surface area contributed by atoms with Gasteiger partial charge in [0.25, 0.3) is 5.91 Å². The van der Waals surface area contributed by atoms with Crippen LogP contribution in [0.15, 0.2) is 36.0 Å². The van der Waals surface area contributed by atoms with Crippen molar-refractivity contribution >= 4 is 17.2 Å². The molecule has 0 aromatic carbocycles. The molecule has 0 bridgehead atoms. The van der Waals surface area contributed by atoms with Gasteiger partial charge in [0.1, 0.15) is 16.5 Å². The number of imidazole rings is 1. The monoisotopic (exact) mass is 339 g/mol. The average Bonchev–Trinajstić information content (AvgIpc) is 3.21. The molecule has 0 aliphatic carbocycles. The van der Waals surface area contributed by atoms with E-state index in [1.165, 1.54) is 11.3 Å². The van der Waals surface area contributed by atoms with Gasteiger partial charge in [0.2, 0.25) is 0 Å². The molecule has 4 rings (SSSR count). The number of carbonyl (C=O) groups is 1. The van der Waals surface area contributed by atoms with Crippen molar-refractivity contribution in [1.29, 1.82) is 0 Å². The Bertz CT molecular complexity index is 870. The first-order valence-electron chi connectivity index (χ1n) is 7.89. The van der Waals surface area contributed by atoms with Gasteiger partial charge >= 0.3 is 0 Å². The molecular formula is C17H17N5OS. The lowest BCUT2D eigenvalue weighted by molar-refractivity contribution is 0.0923. The number of thiazole rings is 1. The Morgan fingerprint density at radius 1 is 1.38 bits per heavy atom. The fourth-order valence-electron chi connectivity index (χ4n) is 2.95. The minimum atomic E-state index is -0.126. The maximum atomic E-state index is 12.5. The van der Waals surface area contributed by atoms with Crippen LogP contribution in [0.1, 0.15) is 28.4 Å². The lowest BCUT2D eigenvalue weighted by Gasteiger charge is -2.24. The summed E-state index contributed by atoms with van der Waals surface area (Å²) in [6.07, 6.45) is 5.55. The molecule has 0 spiro atoms. The molecule has 24 heavy (non-hydrogen) atoms. The van der Waals surface area contributed by atoms with Crippen LogP contribution < -0.4 is 5.32 Å². The van der Waals surface area contributed by atoms with E-state index in [-0.39, 0.29) is 11.9 Å². The molecule has 7 heteroatoms. The topological polar surface area (TPSA) is 72.7 Å². The zero-order valence-electron chi connectivity index (χ0n) is 13.3. The molecule has 0 saturated carbocycles. The molecule has 1 aliphatic heterocycles. The summed E-state index contributed by atoms with van der Waals surface area (Å²) in [4.78, 5) is 25.6. The summed E-state index contributed by atoms with van der Waals surface area (Å²) in [7, 11) is 0. The molecule has 3 aromatic rings. The van der Waals surface area contributed by atoms with E-state index in [2.05, 4.69) is 24.8 Å². The molecule has 1 aliphatic rings. The van der Waals surface area contributed by atoms with Gasteiger partial charge in [-0.3, -0.25) is 9.78 Å². The van der Waals surface area contributed by atoms with E-state index in [0.717, 1.165) is 41.6 Å². The first-order valence-corrected chi connectivity index (χ1v) is 8.77. The highest BCUT2D eigenvalue weighted by atomic mass is 32.1. The number of pyridine rings is 1. The molecule has 1 N–H and O–H groups in total. The fraction of sp³-hybridized carbons (Fsp3) is 0.294. The highest BCUT2D eigenvalue weighted by Gasteiger charge is 2.22. The minimum absolute atomic E-state index is 0.110. The SMILES string of the molecule is Cc1cn2c(n1)CC[C@@H](NC(=O)c1csc(-c3ccccn3)n1)C2. The van der Waals surface area contributed by atoms with E-state index < -0.39 is 0 Å². The number of hydrogen-bond donors (Lipinski definition) is 1. The van der Waals surface area contributed by atoms with E-state index >= 15 is 0 Å². The summed E-state index contributed by atoms with van der Waals surface area (Å²) in [5.41, 5.74) is 2.27. The molecule has 6 nitrogen and oxygen atoms in total. The van der Waals surface area contributed by atoms with Crippen molar-refractivity contribution in [2.24, 2.45) is 0 Å². The van der Waals surface area contributed by atoms with Crippen LogP contribution in [0.3, 0.4) is 0 Å². The van der Waals surface area contributed by atoms with Crippen LogP contribution in [-0.4, -0.2) is 31.5 Å². The number of nitrogens with one attached hydrogen (secondary N) is 1. The van der Waals surface area contributed by atoms with Crippen LogP contribution in [0.5, 0.6) is 0 Å². The van der Waals surface area contributed by atoms with Crippen LogP contribution in [0, 0.1) is 6.92 Å². The number of aryl methyl sites for hydroxylation is 2. The van der Waals surface area contributed by atoms with E-state index in [1.807, 2.05) is 31.3 Å². The number of carbonyl (C=O) groups excluding carboxylic acids is 1. The van der Waals surface area contributed by atoms with Crippen molar-refractivity contribution in [2.75, 3.05) is 0 Å². The lowest BCUT2D eigenvalue weighted by Crippen LogP contribution is -2.41. The second-order valence-electron chi connectivity index (χ2n) is 5.91. The van der Waals surface area contributed by atoms with Gasteiger partial charge < -0.3 is 9.88 Å². The Balaban J connectivity index is 1.45. The van der Waals surface area contributed by atoms with Crippen LogP contribution in [-0.2, 0) is 13.0 Å². The molecular weight excluding hydrogens is 322 g/mol. The van der Waals surface area contributed by atoms with Crippen molar-refractivity contribution in [3.05, 3.63) is 53.2 Å². The maximum absolute atomic E-state index is 12.5. The molecule has 1 amide bonds. The van der Waals surface area contributed by atoms with Crippen LogP contribution in [0.4, 0.5) is 0 Å². The van der Waals surface area contributed by atoms with E-state index in [0.29, 0.717) is 5.69 Å². The molecule has 0 saturated heterocycles. The lowest BCUT2D eigenvalue weighted by atomic mass is 10.1. The van der Waals surface area contributed by atoms with Gasteiger partial charge in [0, 0.05) is 36.8 Å². The molecule has 0 radical (unpaired) electrons. The summed E-state index contributed by atoms with van der Waals surface area (Å²) in [5.74, 6) is 0.975. The Morgan fingerprint density at radius 2 is 2.29 bits per heavy atom. The molecule has 0 fully saturated rings. The van der Waals surface area contributed by atoms with Crippen molar-refractivity contribution in [2.45, 2.75) is 32.4 Å². The van der Waals surface area contributed by atoms with Crippen molar-refractivity contribution in [1.82, 2.24) is 24.8 Å². The number of fused-ring (bicyclic) bond motifs is 1. The van der Waals surface area contributed by atoms with Crippen molar-refractivity contribution in [3.8, 4) is 10.7 Å². The second-order valence-corrected chi connectivity index (χ2v) is 6.77. The number of rotatable bonds is 3. The van der Waals surface area contributed by atoms with Gasteiger partial charge in [-0.05, 0) is 25.5 Å². The summed E-state index contributed by atoms with van der Waals surface area (Å²) in [5, 5.41) is 5.63. The molecule has 4 heterocycles. The second kappa shape index (κ2) is 6.16. The highest BCUT2D eigenvalue weighted by Crippen LogP contribution is 2.22. The number of aromatic nitrogens is 4. The molecule has 122 valence electrons. The maximum Gasteiger partial charge on any atom is 0.271 e. The Morgan fingerprint density at radius 3 is 3.12 bits per heavy atom. The Kier molecular flexibility index (Phi) is 3.86. The van der Waals surface area contributed by atoms with Gasteiger partial charge in [0.05, 0.1) is 11.4 Å². The van der Waals surface area contributed by atoms with Crippen LogP contribution in [0.25, 0.3) is 10.7 Å². The number of nitrogens with zero attached hydrogens (tertiary/aromatic N) is 4. The molecule has 1 atom stereocenters. The quantitative estimate of drug-likeness (QED) is 0.795. The van der Waals surface area contributed by atoms with Crippen LogP contribution in [0.2, 0.25) is 0 Å². The third-order valence-electron chi connectivity index (χ3n) is 4.07. The number of hydrogen-bond acceptors (Lipinski definition) is 5. The van der Waals surface area contributed by atoms with Gasteiger partial charge in [0.15, 0.2) is 0 Å². The molecule has 3 aromatic heterocycles. The van der Waals surface area contributed by atoms with Gasteiger partial charge in [-0.2, -0.15) is 0 Å². The van der Waals surface area contributed by atoms with Crippen molar-refractivity contribution < 1.29 is 4.79 Å².